The van der Waals surface area contributed by atoms with Crippen molar-refractivity contribution < 1.29 is 0 Å². The zero-order valence-corrected chi connectivity index (χ0v) is 13.0. The molecular weight excluding hydrogens is 268 g/mol. The van der Waals surface area contributed by atoms with Gasteiger partial charge in [-0.05, 0) is 49.8 Å². The van der Waals surface area contributed by atoms with E-state index in [0.717, 1.165) is 17.4 Å². The Morgan fingerprint density at radius 2 is 2.25 bits per heavy atom. The van der Waals surface area contributed by atoms with E-state index in [-0.39, 0.29) is 5.56 Å². The highest BCUT2D eigenvalue weighted by molar-refractivity contribution is 7.99. The Morgan fingerprint density at radius 1 is 1.35 bits per heavy atom. The molecule has 3 unspecified atom stereocenters. The van der Waals surface area contributed by atoms with E-state index in [1.165, 1.54) is 43.4 Å². The molecule has 0 amide bonds. The molecule has 3 atom stereocenters. The van der Waals surface area contributed by atoms with Crippen LogP contribution in [-0.2, 0) is 6.42 Å². The van der Waals surface area contributed by atoms with Crippen LogP contribution in [-0.4, -0.2) is 22.0 Å². The Morgan fingerprint density at radius 3 is 3.10 bits per heavy atom. The molecular formula is C16H24N2OS. The van der Waals surface area contributed by atoms with Gasteiger partial charge in [0.15, 0.2) is 0 Å². The molecule has 4 heteroatoms. The first-order valence-electron chi connectivity index (χ1n) is 7.86. The lowest BCUT2D eigenvalue weighted by Crippen LogP contribution is -2.34. The number of hydrogen-bond donors (Lipinski definition) is 2. The zero-order chi connectivity index (χ0) is 13.9. The van der Waals surface area contributed by atoms with Gasteiger partial charge in [0.25, 0.3) is 0 Å². The highest BCUT2D eigenvalue weighted by atomic mass is 32.2. The van der Waals surface area contributed by atoms with Crippen molar-refractivity contribution in [3.05, 3.63) is 33.7 Å². The number of H-pyrrole nitrogens is 1. The van der Waals surface area contributed by atoms with Crippen LogP contribution in [0.4, 0.5) is 0 Å². The predicted molar refractivity (Wildman–Crippen MR) is 85.4 cm³/mol. The Labute approximate surface area is 124 Å². The van der Waals surface area contributed by atoms with Crippen molar-refractivity contribution >= 4 is 11.8 Å². The molecule has 2 N–H and O–H groups in total. The van der Waals surface area contributed by atoms with Gasteiger partial charge in [-0.2, -0.15) is 11.8 Å². The van der Waals surface area contributed by atoms with Gasteiger partial charge in [0, 0.05) is 29.1 Å². The molecule has 1 saturated carbocycles. The van der Waals surface area contributed by atoms with Crippen LogP contribution in [0.15, 0.2) is 16.9 Å². The highest BCUT2D eigenvalue weighted by Gasteiger charge is 2.28. The van der Waals surface area contributed by atoms with Crippen LogP contribution in [0, 0.1) is 0 Å². The Kier molecular flexibility index (Phi) is 4.51. The summed E-state index contributed by atoms with van der Waals surface area (Å²) in [7, 11) is 0. The molecule has 0 saturated heterocycles. The maximum absolute atomic E-state index is 11.4. The average molecular weight is 292 g/mol. The summed E-state index contributed by atoms with van der Waals surface area (Å²) >= 11 is 2.10. The summed E-state index contributed by atoms with van der Waals surface area (Å²) in [6, 6.07) is 4.79. The first-order chi connectivity index (χ1) is 9.76. The first-order valence-corrected chi connectivity index (χ1v) is 8.91. The minimum atomic E-state index is 0.0321. The van der Waals surface area contributed by atoms with E-state index >= 15 is 0 Å². The van der Waals surface area contributed by atoms with E-state index < -0.39 is 0 Å². The van der Waals surface area contributed by atoms with Gasteiger partial charge < -0.3 is 10.3 Å². The molecule has 0 spiro atoms. The zero-order valence-electron chi connectivity index (χ0n) is 12.2. The second kappa shape index (κ2) is 6.35. The number of aromatic amines is 1. The third-order valence-electron chi connectivity index (χ3n) is 4.56. The third-order valence-corrected chi connectivity index (χ3v) is 5.79. The lowest BCUT2D eigenvalue weighted by Gasteiger charge is -2.28. The van der Waals surface area contributed by atoms with Crippen LogP contribution < -0.4 is 10.9 Å². The molecule has 2 aliphatic carbocycles. The van der Waals surface area contributed by atoms with Gasteiger partial charge in [0.1, 0.15) is 0 Å². The summed E-state index contributed by atoms with van der Waals surface area (Å²) in [4.78, 5) is 14.4. The molecule has 1 fully saturated rings. The van der Waals surface area contributed by atoms with Crippen LogP contribution in [0.5, 0.6) is 0 Å². The molecule has 0 aromatic carbocycles. The van der Waals surface area contributed by atoms with Crippen LogP contribution in [0.2, 0.25) is 0 Å². The number of hydrogen-bond acceptors (Lipinski definition) is 3. The number of pyridine rings is 1. The van der Waals surface area contributed by atoms with Crippen molar-refractivity contribution in [1.82, 2.24) is 10.3 Å². The number of aromatic nitrogens is 1. The van der Waals surface area contributed by atoms with E-state index in [4.69, 9.17) is 0 Å². The molecule has 0 bridgehead atoms. The van der Waals surface area contributed by atoms with Crippen molar-refractivity contribution in [1.29, 1.82) is 0 Å². The summed E-state index contributed by atoms with van der Waals surface area (Å²) in [6.07, 6.45) is 7.33. The minimum absolute atomic E-state index is 0.0321. The van der Waals surface area contributed by atoms with E-state index in [1.54, 1.807) is 6.07 Å². The monoisotopic (exact) mass is 292 g/mol. The molecule has 1 aromatic rings. The second-order valence-electron chi connectivity index (χ2n) is 5.96. The summed E-state index contributed by atoms with van der Waals surface area (Å²) in [5.74, 6) is 1.23. The lowest BCUT2D eigenvalue weighted by molar-refractivity contribution is 0.394. The predicted octanol–water partition coefficient (Wildman–Crippen LogP) is 3.02. The standard InChI is InChI=1S/C16H24N2OS/c1-2-20-12-7-6-11(10-12)17-14-4-3-5-15-13(14)8-9-16(19)18-15/h8-9,11-12,14,17H,2-7,10H2,1H3,(H,18,19). The summed E-state index contributed by atoms with van der Waals surface area (Å²) in [6.45, 7) is 2.25. The lowest BCUT2D eigenvalue weighted by atomic mass is 9.90. The topological polar surface area (TPSA) is 44.9 Å². The van der Waals surface area contributed by atoms with Crippen molar-refractivity contribution in [3.8, 4) is 0 Å². The molecule has 110 valence electrons. The molecule has 3 rings (SSSR count). The Balaban J connectivity index is 1.66. The maximum Gasteiger partial charge on any atom is 0.248 e. The minimum Gasteiger partial charge on any atom is -0.326 e. The number of nitrogens with one attached hydrogen (secondary N) is 2. The van der Waals surface area contributed by atoms with Crippen LogP contribution >= 0.6 is 11.8 Å². The van der Waals surface area contributed by atoms with Gasteiger partial charge in [-0.3, -0.25) is 4.79 Å². The molecule has 3 nitrogen and oxygen atoms in total. The van der Waals surface area contributed by atoms with Crippen molar-refractivity contribution in [2.45, 2.75) is 62.8 Å². The fourth-order valence-corrected chi connectivity index (χ4v) is 4.78. The third kappa shape index (κ3) is 3.12. The molecule has 20 heavy (non-hydrogen) atoms. The largest absolute Gasteiger partial charge is 0.326 e. The SMILES string of the molecule is CCSC1CCC(NC2CCCc3[nH]c(=O)ccc32)C1. The summed E-state index contributed by atoms with van der Waals surface area (Å²) in [5, 5.41) is 4.69. The van der Waals surface area contributed by atoms with E-state index in [1.807, 2.05) is 6.07 Å². The van der Waals surface area contributed by atoms with Crippen molar-refractivity contribution in [2.75, 3.05) is 5.75 Å². The fraction of sp³-hybridized carbons (Fsp3) is 0.688. The quantitative estimate of drug-likeness (QED) is 0.896. The second-order valence-corrected chi connectivity index (χ2v) is 7.53. The number of aryl methyl sites for hydroxylation is 1. The average Bonchev–Trinajstić information content (AvgIpc) is 2.86. The first kappa shape index (κ1) is 14.2. The highest BCUT2D eigenvalue weighted by Crippen LogP contribution is 2.33. The normalized spacial score (nSPS) is 29.4. The molecule has 0 radical (unpaired) electrons. The molecule has 0 aliphatic heterocycles. The fourth-order valence-electron chi connectivity index (χ4n) is 3.64. The molecule has 2 aliphatic rings. The number of thioether (sulfide) groups is 1. The van der Waals surface area contributed by atoms with E-state index in [2.05, 4.69) is 29.0 Å². The van der Waals surface area contributed by atoms with Crippen LogP contribution in [0.1, 0.15) is 56.3 Å². The Bertz CT molecular complexity index is 513. The molecule has 1 aromatic heterocycles. The van der Waals surface area contributed by atoms with Gasteiger partial charge in [-0.1, -0.05) is 13.0 Å². The van der Waals surface area contributed by atoms with Crippen LogP contribution in [0.3, 0.4) is 0 Å². The number of fused-ring (bicyclic) bond motifs is 1. The van der Waals surface area contributed by atoms with Gasteiger partial charge in [-0.25, -0.2) is 0 Å². The van der Waals surface area contributed by atoms with E-state index in [9.17, 15) is 4.79 Å². The van der Waals surface area contributed by atoms with Gasteiger partial charge in [0.2, 0.25) is 5.56 Å². The van der Waals surface area contributed by atoms with Crippen molar-refractivity contribution in [3.63, 3.8) is 0 Å². The smallest absolute Gasteiger partial charge is 0.248 e. The Hall–Kier alpha value is -0.740. The summed E-state index contributed by atoms with van der Waals surface area (Å²) < 4.78 is 0. The summed E-state index contributed by atoms with van der Waals surface area (Å²) in [5.41, 5.74) is 2.51. The van der Waals surface area contributed by atoms with Crippen molar-refractivity contribution in [2.24, 2.45) is 0 Å². The van der Waals surface area contributed by atoms with E-state index in [0.29, 0.717) is 12.1 Å². The van der Waals surface area contributed by atoms with Gasteiger partial charge in [0.05, 0.1) is 0 Å². The van der Waals surface area contributed by atoms with Gasteiger partial charge >= 0.3 is 0 Å². The maximum atomic E-state index is 11.4. The van der Waals surface area contributed by atoms with Gasteiger partial charge in [-0.15, -0.1) is 0 Å². The number of rotatable bonds is 4. The van der Waals surface area contributed by atoms with Crippen LogP contribution in [0.25, 0.3) is 0 Å². The molecule has 1 heterocycles.